The predicted octanol–water partition coefficient (Wildman–Crippen LogP) is 2.99. The smallest absolute Gasteiger partial charge is 0.319 e. The number of amides is 2. The van der Waals surface area contributed by atoms with Crippen molar-refractivity contribution < 1.29 is 9.18 Å². The number of nitrogens with one attached hydrogen (secondary N) is 2. The third kappa shape index (κ3) is 2.59. The predicted molar refractivity (Wildman–Crippen MR) is 57.2 cm³/mol. The molecule has 0 spiro atoms. The van der Waals surface area contributed by atoms with E-state index in [1.54, 1.807) is 0 Å². The summed E-state index contributed by atoms with van der Waals surface area (Å²) in [6, 6.07) is 1.92. The van der Waals surface area contributed by atoms with Gasteiger partial charge in [-0.2, -0.15) is 0 Å². The highest BCUT2D eigenvalue weighted by Crippen LogP contribution is 2.31. The van der Waals surface area contributed by atoms with E-state index >= 15 is 0 Å². The molecule has 0 saturated heterocycles. The summed E-state index contributed by atoms with van der Waals surface area (Å²) in [6.45, 7) is 0. The van der Waals surface area contributed by atoms with Gasteiger partial charge in [0.05, 0.1) is 10.7 Å². The Balaban J connectivity index is 3.02. The van der Waals surface area contributed by atoms with Crippen molar-refractivity contribution in [3.63, 3.8) is 0 Å². The Morgan fingerprint density at radius 2 is 2.21 bits per heavy atom. The van der Waals surface area contributed by atoms with Gasteiger partial charge in [0, 0.05) is 11.5 Å². The summed E-state index contributed by atoms with van der Waals surface area (Å²) < 4.78 is 13.2. The summed E-state index contributed by atoms with van der Waals surface area (Å²) >= 11 is 8.81. The number of anilines is 1. The van der Waals surface area contributed by atoms with Gasteiger partial charge in [0.2, 0.25) is 0 Å². The van der Waals surface area contributed by atoms with E-state index in [0.29, 0.717) is 10.2 Å². The number of hydrogen-bond acceptors (Lipinski definition) is 1. The van der Waals surface area contributed by atoms with Crippen LogP contribution in [0.15, 0.2) is 16.6 Å². The van der Waals surface area contributed by atoms with Crippen LogP contribution in [-0.2, 0) is 0 Å². The Bertz CT molecular complexity index is 349. The van der Waals surface area contributed by atoms with Crippen LogP contribution < -0.4 is 10.6 Å². The molecule has 76 valence electrons. The van der Waals surface area contributed by atoms with Crippen molar-refractivity contribution in [2.24, 2.45) is 0 Å². The number of hydrogen-bond donors (Lipinski definition) is 2. The second-order valence-corrected chi connectivity index (χ2v) is 3.71. The maximum Gasteiger partial charge on any atom is 0.319 e. The van der Waals surface area contributed by atoms with Crippen LogP contribution in [0.25, 0.3) is 0 Å². The van der Waals surface area contributed by atoms with Crippen LogP contribution in [0.4, 0.5) is 14.9 Å². The molecule has 2 amide bonds. The lowest BCUT2D eigenvalue weighted by Crippen LogP contribution is -2.24. The van der Waals surface area contributed by atoms with E-state index in [2.05, 4.69) is 26.6 Å². The number of rotatable bonds is 1. The third-order valence-electron chi connectivity index (χ3n) is 1.47. The van der Waals surface area contributed by atoms with Crippen molar-refractivity contribution >= 4 is 39.2 Å². The summed E-state index contributed by atoms with van der Waals surface area (Å²) in [4.78, 5) is 11.0. The molecule has 0 aliphatic carbocycles. The Labute approximate surface area is 93.8 Å². The van der Waals surface area contributed by atoms with Gasteiger partial charge < -0.3 is 10.6 Å². The molecule has 3 nitrogen and oxygen atoms in total. The van der Waals surface area contributed by atoms with Crippen LogP contribution in [0, 0.1) is 5.82 Å². The van der Waals surface area contributed by atoms with E-state index in [1.807, 2.05) is 0 Å². The lowest BCUT2D eigenvalue weighted by atomic mass is 10.3. The largest absolute Gasteiger partial charge is 0.341 e. The first kappa shape index (κ1) is 11.3. The zero-order valence-electron chi connectivity index (χ0n) is 7.20. The highest BCUT2D eigenvalue weighted by molar-refractivity contribution is 9.10. The van der Waals surface area contributed by atoms with Crippen LogP contribution in [0.3, 0.4) is 0 Å². The highest BCUT2D eigenvalue weighted by Gasteiger charge is 2.09. The average molecular weight is 282 g/mol. The topological polar surface area (TPSA) is 41.1 Å². The van der Waals surface area contributed by atoms with Crippen molar-refractivity contribution in [3.8, 4) is 0 Å². The zero-order chi connectivity index (χ0) is 10.7. The summed E-state index contributed by atoms with van der Waals surface area (Å²) in [5.41, 5.74) is 0.340. The molecule has 0 bridgehead atoms. The molecule has 0 aliphatic heterocycles. The maximum atomic E-state index is 12.8. The number of benzene rings is 1. The molecule has 1 rings (SSSR count). The summed E-state index contributed by atoms with van der Waals surface area (Å²) in [5.74, 6) is -0.468. The monoisotopic (exact) mass is 280 g/mol. The van der Waals surface area contributed by atoms with E-state index in [-0.39, 0.29) is 5.02 Å². The van der Waals surface area contributed by atoms with Gasteiger partial charge >= 0.3 is 6.03 Å². The molecule has 0 unspecified atom stereocenters. The van der Waals surface area contributed by atoms with E-state index in [4.69, 9.17) is 11.6 Å². The molecule has 0 aliphatic rings. The van der Waals surface area contributed by atoms with Gasteiger partial charge in [0.1, 0.15) is 5.82 Å². The molecule has 0 aromatic heterocycles. The van der Waals surface area contributed by atoms with Crippen LogP contribution in [0.5, 0.6) is 0 Å². The molecular formula is C8H7BrClFN2O. The number of urea groups is 1. The van der Waals surface area contributed by atoms with E-state index < -0.39 is 11.8 Å². The fourth-order valence-electron chi connectivity index (χ4n) is 0.838. The molecule has 6 heteroatoms. The third-order valence-corrected chi connectivity index (χ3v) is 2.40. The minimum atomic E-state index is -0.468. The zero-order valence-corrected chi connectivity index (χ0v) is 9.54. The molecule has 0 heterocycles. The van der Waals surface area contributed by atoms with Gasteiger partial charge in [-0.1, -0.05) is 11.6 Å². The minimum absolute atomic E-state index is 0.139. The second kappa shape index (κ2) is 4.61. The summed E-state index contributed by atoms with van der Waals surface area (Å²) in [7, 11) is 1.47. The first-order chi connectivity index (χ1) is 6.54. The van der Waals surface area contributed by atoms with E-state index in [1.165, 1.54) is 13.1 Å². The van der Waals surface area contributed by atoms with Gasteiger partial charge in [-0.25, -0.2) is 9.18 Å². The van der Waals surface area contributed by atoms with Gasteiger partial charge in [-0.3, -0.25) is 0 Å². The molecular weight excluding hydrogens is 274 g/mol. The number of carbonyl (C=O) groups is 1. The van der Waals surface area contributed by atoms with Crippen LogP contribution in [0.2, 0.25) is 5.02 Å². The van der Waals surface area contributed by atoms with E-state index in [9.17, 15) is 9.18 Å². The highest BCUT2D eigenvalue weighted by atomic mass is 79.9. The number of halogens is 3. The van der Waals surface area contributed by atoms with E-state index in [0.717, 1.165) is 6.07 Å². The molecule has 1 aromatic carbocycles. The summed E-state index contributed by atoms with van der Waals surface area (Å²) in [5, 5.41) is 4.96. The Morgan fingerprint density at radius 3 is 2.71 bits per heavy atom. The van der Waals surface area contributed by atoms with Crippen molar-refractivity contribution in [1.82, 2.24) is 5.32 Å². The number of carbonyl (C=O) groups excluding carboxylic acids is 1. The summed E-state index contributed by atoms with van der Waals surface area (Å²) in [6.07, 6.45) is 0. The molecule has 0 fully saturated rings. The van der Waals surface area contributed by atoms with Crippen molar-refractivity contribution in [2.45, 2.75) is 0 Å². The SMILES string of the molecule is CNC(=O)Nc1c(Cl)cc(F)cc1Br. The van der Waals surface area contributed by atoms with Crippen LogP contribution >= 0.6 is 27.5 Å². The molecule has 1 aromatic rings. The minimum Gasteiger partial charge on any atom is -0.341 e. The van der Waals surface area contributed by atoms with Crippen molar-refractivity contribution in [2.75, 3.05) is 12.4 Å². The maximum absolute atomic E-state index is 12.8. The van der Waals surface area contributed by atoms with Gasteiger partial charge in [0.25, 0.3) is 0 Å². The fourth-order valence-corrected chi connectivity index (χ4v) is 1.74. The van der Waals surface area contributed by atoms with Crippen molar-refractivity contribution in [1.29, 1.82) is 0 Å². The van der Waals surface area contributed by atoms with Crippen LogP contribution in [-0.4, -0.2) is 13.1 Å². The molecule has 14 heavy (non-hydrogen) atoms. The average Bonchev–Trinajstić information content (AvgIpc) is 2.10. The van der Waals surface area contributed by atoms with Gasteiger partial charge in [0.15, 0.2) is 0 Å². The molecule has 2 N–H and O–H groups in total. The van der Waals surface area contributed by atoms with Crippen molar-refractivity contribution in [3.05, 3.63) is 27.4 Å². The lowest BCUT2D eigenvalue weighted by molar-refractivity contribution is 0.254. The second-order valence-electron chi connectivity index (χ2n) is 2.45. The molecule has 0 saturated carbocycles. The first-order valence-corrected chi connectivity index (χ1v) is 4.85. The normalized spacial score (nSPS) is 9.71. The Kier molecular flexibility index (Phi) is 3.71. The van der Waals surface area contributed by atoms with Gasteiger partial charge in [-0.05, 0) is 28.1 Å². The molecule has 0 radical (unpaired) electrons. The quantitative estimate of drug-likeness (QED) is 0.816. The Hall–Kier alpha value is -0.810. The lowest BCUT2D eigenvalue weighted by Gasteiger charge is -2.08. The molecule has 0 atom stereocenters. The van der Waals surface area contributed by atoms with Gasteiger partial charge in [-0.15, -0.1) is 0 Å². The first-order valence-electron chi connectivity index (χ1n) is 3.68. The fraction of sp³-hybridized carbons (Fsp3) is 0.125. The standard InChI is InChI=1S/C8H7BrClFN2O/c1-12-8(14)13-7-5(9)2-4(11)3-6(7)10/h2-3H,1H3,(H2,12,13,14). The van der Waals surface area contributed by atoms with Crippen LogP contribution in [0.1, 0.15) is 0 Å². The Morgan fingerprint density at radius 1 is 1.57 bits per heavy atom.